The number of carbonyl (C=O) groups excluding carboxylic acids is 1. The fourth-order valence-corrected chi connectivity index (χ4v) is 2.64. The number of amides is 1. The van der Waals surface area contributed by atoms with E-state index in [0.717, 1.165) is 15.1 Å². The Morgan fingerprint density at radius 1 is 1.11 bits per heavy atom. The Hall–Kier alpha value is -1.26. The number of para-hydroxylation sites is 1. The lowest BCUT2D eigenvalue weighted by atomic mass is 10.3. The summed E-state index contributed by atoms with van der Waals surface area (Å²) in [4.78, 5) is 14.9. The van der Waals surface area contributed by atoms with Gasteiger partial charge in [0.2, 0.25) is 5.91 Å². The van der Waals surface area contributed by atoms with Gasteiger partial charge in [0.05, 0.1) is 5.75 Å². The number of nitrogens with zero attached hydrogens (tertiary/aromatic N) is 1. The first-order valence-electron chi connectivity index (χ1n) is 5.87. The highest BCUT2D eigenvalue weighted by molar-refractivity contribution is 9.10. The molecule has 1 amide bonds. The first kappa shape index (κ1) is 14.2. The summed E-state index contributed by atoms with van der Waals surface area (Å²) >= 11 is 4.94. The zero-order chi connectivity index (χ0) is 13.7. The highest BCUT2D eigenvalue weighted by Gasteiger charge is 2.10. The van der Waals surface area contributed by atoms with Crippen LogP contribution in [0.5, 0.6) is 0 Å². The van der Waals surface area contributed by atoms with Crippen LogP contribution in [0.3, 0.4) is 0 Å². The molecule has 0 bridgehead atoms. The van der Waals surface area contributed by atoms with Crippen LogP contribution in [0.25, 0.3) is 0 Å². The molecule has 0 fully saturated rings. The summed E-state index contributed by atoms with van der Waals surface area (Å²) in [5.74, 6) is 0.534. The van der Waals surface area contributed by atoms with Crippen molar-refractivity contribution in [1.29, 1.82) is 0 Å². The average molecular weight is 336 g/mol. The molecule has 0 spiro atoms. The standard InChI is InChI=1S/C15H14BrNOS/c1-17(13-5-3-2-4-6-13)15(18)11-19-14-9-7-12(16)8-10-14/h2-10H,11H2,1H3. The van der Waals surface area contributed by atoms with Crippen molar-refractivity contribution < 1.29 is 4.79 Å². The molecule has 0 heterocycles. The summed E-state index contributed by atoms with van der Waals surface area (Å²) in [6.45, 7) is 0. The third-order valence-electron chi connectivity index (χ3n) is 2.69. The summed E-state index contributed by atoms with van der Waals surface area (Å²) in [5, 5.41) is 0. The van der Waals surface area contributed by atoms with Gasteiger partial charge in [-0.25, -0.2) is 0 Å². The van der Waals surface area contributed by atoms with Crippen molar-refractivity contribution in [2.24, 2.45) is 0 Å². The van der Waals surface area contributed by atoms with Crippen molar-refractivity contribution in [3.8, 4) is 0 Å². The molecule has 0 saturated heterocycles. The van der Waals surface area contributed by atoms with Crippen LogP contribution in [0.4, 0.5) is 5.69 Å². The van der Waals surface area contributed by atoms with Crippen LogP contribution in [0.15, 0.2) is 64.0 Å². The number of anilines is 1. The van der Waals surface area contributed by atoms with Crippen molar-refractivity contribution in [1.82, 2.24) is 0 Å². The van der Waals surface area contributed by atoms with Crippen LogP contribution < -0.4 is 4.90 Å². The Balaban J connectivity index is 1.93. The molecule has 2 rings (SSSR count). The molecule has 0 aliphatic carbocycles. The van der Waals surface area contributed by atoms with Crippen LogP contribution in [0.2, 0.25) is 0 Å². The summed E-state index contributed by atoms with van der Waals surface area (Å²) in [7, 11) is 1.81. The Bertz CT molecular complexity index is 542. The largest absolute Gasteiger partial charge is 0.315 e. The molecular formula is C15H14BrNOS. The number of hydrogen-bond donors (Lipinski definition) is 0. The maximum absolute atomic E-state index is 12.1. The second kappa shape index (κ2) is 6.78. The Morgan fingerprint density at radius 3 is 2.37 bits per heavy atom. The van der Waals surface area contributed by atoms with E-state index in [1.54, 1.807) is 23.7 Å². The number of halogens is 1. The van der Waals surface area contributed by atoms with Gasteiger partial charge in [-0.05, 0) is 36.4 Å². The van der Waals surface area contributed by atoms with E-state index in [0.29, 0.717) is 5.75 Å². The molecule has 4 heteroatoms. The van der Waals surface area contributed by atoms with E-state index in [1.807, 2.05) is 54.6 Å². The van der Waals surface area contributed by atoms with Gasteiger partial charge >= 0.3 is 0 Å². The fourth-order valence-electron chi connectivity index (χ4n) is 1.57. The molecule has 0 saturated carbocycles. The fraction of sp³-hybridized carbons (Fsp3) is 0.133. The van der Waals surface area contributed by atoms with Crippen LogP contribution in [0.1, 0.15) is 0 Å². The third-order valence-corrected chi connectivity index (χ3v) is 4.22. The number of carbonyl (C=O) groups is 1. The normalized spacial score (nSPS) is 10.2. The zero-order valence-electron chi connectivity index (χ0n) is 10.5. The zero-order valence-corrected chi connectivity index (χ0v) is 12.9. The van der Waals surface area contributed by atoms with Crippen molar-refractivity contribution in [2.45, 2.75) is 4.90 Å². The van der Waals surface area contributed by atoms with Gasteiger partial charge in [-0.15, -0.1) is 11.8 Å². The van der Waals surface area contributed by atoms with E-state index in [1.165, 1.54) is 0 Å². The van der Waals surface area contributed by atoms with E-state index in [9.17, 15) is 4.79 Å². The number of thioether (sulfide) groups is 1. The highest BCUT2D eigenvalue weighted by Crippen LogP contribution is 2.21. The van der Waals surface area contributed by atoms with E-state index < -0.39 is 0 Å². The molecule has 0 N–H and O–H groups in total. The van der Waals surface area contributed by atoms with Gasteiger partial charge in [-0.2, -0.15) is 0 Å². The molecule has 2 nitrogen and oxygen atoms in total. The lowest BCUT2D eigenvalue weighted by molar-refractivity contribution is -0.115. The SMILES string of the molecule is CN(C(=O)CSc1ccc(Br)cc1)c1ccccc1. The van der Waals surface area contributed by atoms with E-state index >= 15 is 0 Å². The smallest absolute Gasteiger partial charge is 0.237 e. The van der Waals surface area contributed by atoms with Crippen LogP contribution in [-0.4, -0.2) is 18.7 Å². The van der Waals surface area contributed by atoms with Gasteiger partial charge in [0.25, 0.3) is 0 Å². The molecule has 19 heavy (non-hydrogen) atoms. The van der Waals surface area contributed by atoms with Gasteiger partial charge in [0, 0.05) is 22.1 Å². The van der Waals surface area contributed by atoms with Gasteiger partial charge in [-0.3, -0.25) is 4.79 Å². The van der Waals surface area contributed by atoms with Crippen LogP contribution in [0, 0.1) is 0 Å². The van der Waals surface area contributed by atoms with E-state index in [2.05, 4.69) is 15.9 Å². The second-order valence-corrected chi connectivity index (χ2v) is 6.00. The third kappa shape index (κ3) is 4.11. The predicted molar refractivity (Wildman–Crippen MR) is 84.7 cm³/mol. The highest BCUT2D eigenvalue weighted by atomic mass is 79.9. The van der Waals surface area contributed by atoms with E-state index in [4.69, 9.17) is 0 Å². The molecule has 0 aromatic heterocycles. The topological polar surface area (TPSA) is 20.3 Å². The monoisotopic (exact) mass is 335 g/mol. The Labute approximate surface area is 125 Å². The number of hydrogen-bond acceptors (Lipinski definition) is 2. The van der Waals surface area contributed by atoms with Gasteiger partial charge in [0.15, 0.2) is 0 Å². The van der Waals surface area contributed by atoms with Crippen molar-refractivity contribution in [2.75, 3.05) is 17.7 Å². The second-order valence-electron chi connectivity index (χ2n) is 4.03. The Kier molecular flexibility index (Phi) is 5.05. The summed E-state index contributed by atoms with van der Waals surface area (Å²) in [6, 6.07) is 17.6. The van der Waals surface area contributed by atoms with E-state index in [-0.39, 0.29) is 5.91 Å². The van der Waals surface area contributed by atoms with Crippen molar-refractivity contribution in [3.05, 3.63) is 59.1 Å². The lowest BCUT2D eigenvalue weighted by Crippen LogP contribution is -2.27. The predicted octanol–water partition coefficient (Wildman–Crippen LogP) is 4.20. The van der Waals surface area contributed by atoms with Gasteiger partial charge < -0.3 is 4.90 Å². The van der Waals surface area contributed by atoms with Gasteiger partial charge in [-0.1, -0.05) is 34.1 Å². The molecule has 0 unspecified atom stereocenters. The lowest BCUT2D eigenvalue weighted by Gasteiger charge is -2.16. The molecule has 2 aromatic rings. The summed E-state index contributed by atoms with van der Waals surface area (Å²) in [5.41, 5.74) is 0.920. The summed E-state index contributed by atoms with van der Waals surface area (Å²) < 4.78 is 1.05. The minimum absolute atomic E-state index is 0.0964. The molecule has 98 valence electrons. The minimum Gasteiger partial charge on any atom is -0.315 e. The van der Waals surface area contributed by atoms with Crippen molar-refractivity contribution in [3.63, 3.8) is 0 Å². The van der Waals surface area contributed by atoms with Crippen molar-refractivity contribution >= 4 is 39.3 Å². The molecule has 0 radical (unpaired) electrons. The molecule has 2 aromatic carbocycles. The number of benzene rings is 2. The Morgan fingerprint density at radius 2 is 1.74 bits per heavy atom. The first-order valence-corrected chi connectivity index (χ1v) is 7.64. The maximum atomic E-state index is 12.1. The van der Waals surface area contributed by atoms with Crippen LogP contribution in [-0.2, 0) is 4.79 Å². The molecule has 0 aliphatic heterocycles. The van der Waals surface area contributed by atoms with Gasteiger partial charge in [0.1, 0.15) is 0 Å². The minimum atomic E-state index is 0.0964. The molecule has 0 atom stereocenters. The molecular weight excluding hydrogens is 322 g/mol. The number of rotatable bonds is 4. The summed E-state index contributed by atoms with van der Waals surface area (Å²) in [6.07, 6.45) is 0. The van der Waals surface area contributed by atoms with Crippen LogP contribution >= 0.6 is 27.7 Å². The first-order chi connectivity index (χ1) is 9.16. The molecule has 0 aliphatic rings. The quantitative estimate of drug-likeness (QED) is 0.780. The average Bonchev–Trinajstić information content (AvgIpc) is 2.46. The maximum Gasteiger partial charge on any atom is 0.237 e.